The molecule has 0 saturated carbocycles. The highest BCUT2D eigenvalue weighted by Gasteiger charge is 2.31. The Morgan fingerprint density at radius 2 is 2.36 bits per heavy atom. The van der Waals surface area contributed by atoms with Crippen LogP contribution in [0.15, 0.2) is 12.1 Å². The summed E-state index contributed by atoms with van der Waals surface area (Å²) in [6.07, 6.45) is 0. The lowest BCUT2D eigenvalue weighted by atomic mass is 10.0. The number of nitro groups is 1. The molecule has 70 valence electrons. The van der Waals surface area contributed by atoms with Crippen molar-refractivity contribution in [3.05, 3.63) is 33.4 Å². The van der Waals surface area contributed by atoms with Crippen molar-refractivity contribution < 1.29 is 9.66 Å². The summed E-state index contributed by atoms with van der Waals surface area (Å²) in [7, 11) is 0. The highest BCUT2D eigenvalue weighted by atomic mass is 16.6. The molecule has 0 radical (unpaired) electrons. The van der Waals surface area contributed by atoms with Crippen molar-refractivity contribution in [3.63, 3.8) is 0 Å². The van der Waals surface area contributed by atoms with Gasteiger partial charge in [-0.3, -0.25) is 10.1 Å². The first-order chi connectivity index (χ1) is 6.65. The van der Waals surface area contributed by atoms with E-state index in [1.165, 1.54) is 6.92 Å². The summed E-state index contributed by atoms with van der Waals surface area (Å²) in [5, 5.41) is 19.4. The molecule has 1 aromatic carbocycles. The van der Waals surface area contributed by atoms with Crippen molar-refractivity contribution in [2.24, 2.45) is 0 Å². The Balaban J connectivity index is 2.51. The van der Waals surface area contributed by atoms with Crippen molar-refractivity contribution in [3.8, 4) is 17.6 Å². The molecule has 5 nitrogen and oxygen atoms in total. The molecule has 0 aliphatic carbocycles. The standard InChI is InChI=1S/C9H6N2O3/c1-5(11(12)13)6-2-3-8-9(14-8)7(6)4-10/h2-3,5H,1H3. The zero-order valence-corrected chi connectivity index (χ0v) is 7.35. The van der Waals surface area contributed by atoms with Gasteiger partial charge in [0, 0.05) is 17.4 Å². The average Bonchev–Trinajstić information content (AvgIpc) is 2.93. The maximum atomic E-state index is 10.6. The zero-order chi connectivity index (χ0) is 10.3. The number of nitriles is 1. The second kappa shape index (κ2) is 2.70. The van der Waals surface area contributed by atoms with Crippen LogP contribution in [-0.2, 0) is 0 Å². The van der Waals surface area contributed by atoms with Crippen LogP contribution in [0, 0.1) is 21.4 Å². The molecule has 1 heterocycles. The van der Waals surface area contributed by atoms with E-state index in [1.54, 1.807) is 12.1 Å². The van der Waals surface area contributed by atoms with Crippen molar-refractivity contribution in [1.29, 1.82) is 5.26 Å². The van der Waals surface area contributed by atoms with Crippen molar-refractivity contribution in [2.45, 2.75) is 13.0 Å². The molecule has 0 amide bonds. The normalized spacial score (nSPS) is 13.4. The Labute approximate surface area is 79.7 Å². The Kier molecular flexibility index (Phi) is 1.64. The van der Waals surface area contributed by atoms with Crippen LogP contribution in [0.2, 0.25) is 0 Å². The van der Waals surface area contributed by atoms with Gasteiger partial charge in [0.05, 0.1) is 0 Å². The van der Waals surface area contributed by atoms with Crippen molar-refractivity contribution in [2.75, 3.05) is 0 Å². The predicted octanol–water partition coefficient (Wildman–Crippen LogP) is 2.00. The molecule has 1 unspecified atom stereocenters. The van der Waals surface area contributed by atoms with Crippen LogP contribution in [-0.4, -0.2) is 4.92 Å². The first-order valence-corrected chi connectivity index (χ1v) is 4.03. The quantitative estimate of drug-likeness (QED) is 0.412. The molecule has 0 spiro atoms. The lowest BCUT2D eigenvalue weighted by molar-refractivity contribution is -0.524. The van der Waals surface area contributed by atoms with Crippen molar-refractivity contribution >= 4 is 0 Å². The third-order valence-electron chi connectivity index (χ3n) is 2.20. The number of rotatable bonds is 2. The summed E-state index contributed by atoms with van der Waals surface area (Å²) in [6, 6.07) is 4.26. The van der Waals surface area contributed by atoms with E-state index in [9.17, 15) is 10.1 Å². The molecule has 0 saturated heterocycles. The average molecular weight is 190 g/mol. The minimum Gasteiger partial charge on any atom is -0.448 e. The third-order valence-corrected chi connectivity index (χ3v) is 2.20. The van der Waals surface area contributed by atoms with Gasteiger partial charge in [-0.25, -0.2) is 0 Å². The fourth-order valence-electron chi connectivity index (χ4n) is 1.33. The molecule has 2 rings (SSSR count). The molecule has 1 atom stereocenters. The maximum absolute atomic E-state index is 10.6. The van der Waals surface area contributed by atoms with Crippen LogP contribution in [0.25, 0.3) is 0 Å². The summed E-state index contributed by atoms with van der Waals surface area (Å²) in [5.41, 5.74) is 0.695. The summed E-state index contributed by atoms with van der Waals surface area (Å²) >= 11 is 0. The predicted molar refractivity (Wildman–Crippen MR) is 46.6 cm³/mol. The Bertz CT molecular complexity index is 462. The first-order valence-electron chi connectivity index (χ1n) is 4.03. The van der Waals surface area contributed by atoms with E-state index in [4.69, 9.17) is 10.00 Å². The van der Waals surface area contributed by atoms with E-state index in [1.807, 2.05) is 6.07 Å². The van der Waals surface area contributed by atoms with Gasteiger partial charge in [0.1, 0.15) is 11.6 Å². The topological polar surface area (TPSA) is 79.5 Å². The molecule has 0 N–H and O–H groups in total. The van der Waals surface area contributed by atoms with E-state index >= 15 is 0 Å². The minimum atomic E-state index is -0.876. The summed E-state index contributed by atoms with van der Waals surface area (Å²) in [5.74, 6) is 1.12. The first kappa shape index (κ1) is 8.51. The smallest absolute Gasteiger partial charge is 0.236 e. The van der Waals surface area contributed by atoms with Gasteiger partial charge < -0.3 is 4.74 Å². The SMILES string of the molecule is CC(c1ccc2c(c1C#N)O2)[N+](=O)[O-]. The number of hydrogen-bond acceptors (Lipinski definition) is 4. The molecule has 5 heteroatoms. The van der Waals surface area contributed by atoms with Crippen LogP contribution in [0.4, 0.5) is 0 Å². The number of nitrogens with zero attached hydrogens (tertiary/aromatic N) is 2. The Morgan fingerprint density at radius 1 is 1.64 bits per heavy atom. The summed E-state index contributed by atoms with van der Waals surface area (Å²) in [4.78, 5) is 10.1. The third kappa shape index (κ3) is 1.09. The van der Waals surface area contributed by atoms with Gasteiger partial charge in [0.2, 0.25) is 6.04 Å². The van der Waals surface area contributed by atoms with E-state index in [2.05, 4.69) is 0 Å². The van der Waals surface area contributed by atoms with Crippen LogP contribution < -0.4 is 4.74 Å². The number of benzene rings is 1. The summed E-state index contributed by atoms with van der Waals surface area (Å²) in [6.45, 7) is 1.45. The lowest BCUT2D eigenvalue weighted by Gasteiger charge is -2.02. The molecule has 1 aliphatic heterocycles. The zero-order valence-electron chi connectivity index (χ0n) is 7.35. The minimum absolute atomic E-state index is 0.284. The van der Waals surface area contributed by atoms with E-state index in [-0.39, 0.29) is 5.56 Å². The van der Waals surface area contributed by atoms with Crippen LogP contribution in [0.5, 0.6) is 11.5 Å². The van der Waals surface area contributed by atoms with Crippen molar-refractivity contribution in [1.82, 2.24) is 0 Å². The molecule has 0 aromatic heterocycles. The fourth-order valence-corrected chi connectivity index (χ4v) is 1.33. The lowest BCUT2D eigenvalue weighted by Crippen LogP contribution is -2.07. The number of ether oxygens (including phenoxy) is 1. The fraction of sp³-hybridized carbons (Fsp3) is 0.222. The van der Waals surface area contributed by atoms with E-state index < -0.39 is 11.0 Å². The maximum Gasteiger partial charge on any atom is 0.236 e. The number of hydrogen-bond donors (Lipinski definition) is 0. The highest BCUT2D eigenvalue weighted by molar-refractivity contribution is 5.66. The van der Waals surface area contributed by atoms with Crippen LogP contribution in [0.1, 0.15) is 24.1 Å². The van der Waals surface area contributed by atoms with E-state index in [0.29, 0.717) is 17.1 Å². The molecule has 14 heavy (non-hydrogen) atoms. The molecular weight excluding hydrogens is 184 g/mol. The number of fused-ring (bicyclic) bond motifs is 1. The summed E-state index contributed by atoms with van der Waals surface area (Å²) < 4.78 is 4.99. The van der Waals surface area contributed by atoms with Gasteiger partial charge in [-0.15, -0.1) is 0 Å². The molecule has 0 bridgehead atoms. The molecule has 1 aromatic rings. The Morgan fingerprint density at radius 3 is 2.93 bits per heavy atom. The monoisotopic (exact) mass is 190 g/mol. The molecular formula is C9H6N2O3. The van der Waals surface area contributed by atoms with Gasteiger partial charge in [0.25, 0.3) is 0 Å². The van der Waals surface area contributed by atoms with Crippen LogP contribution in [0.3, 0.4) is 0 Å². The van der Waals surface area contributed by atoms with E-state index in [0.717, 1.165) is 0 Å². The second-order valence-corrected chi connectivity index (χ2v) is 3.03. The van der Waals surface area contributed by atoms with Gasteiger partial charge in [-0.2, -0.15) is 5.26 Å². The molecule has 0 fully saturated rings. The van der Waals surface area contributed by atoms with Gasteiger partial charge in [-0.05, 0) is 12.1 Å². The van der Waals surface area contributed by atoms with Gasteiger partial charge in [-0.1, -0.05) is 0 Å². The second-order valence-electron chi connectivity index (χ2n) is 3.03. The largest absolute Gasteiger partial charge is 0.448 e. The van der Waals surface area contributed by atoms with Gasteiger partial charge in [0.15, 0.2) is 11.5 Å². The highest BCUT2D eigenvalue weighted by Crippen LogP contribution is 2.49. The Hall–Kier alpha value is -2.09. The molecule has 1 aliphatic rings. The van der Waals surface area contributed by atoms with Crippen LogP contribution >= 0.6 is 0 Å². The van der Waals surface area contributed by atoms with Gasteiger partial charge >= 0.3 is 0 Å².